The van der Waals surface area contributed by atoms with E-state index in [4.69, 9.17) is 4.98 Å². The van der Waals surface area contributed by atoms with Gasteiger partial charge in [-0.3, -0.25) is 4.79 Å². The van der Waals surface area contributed by atoms with Crippen LogP contribution < -0.4 is 0 Å². The van der Waals surface area contributed by atoms with Crippen LogP contribution in [0.15, 0.2) is 48.5 Å². The summed E-state index contributed by atoms with van der Waals surface area (Å²) < 4.78 is 42.7. The SMILES string of the molecule is O=C(Cn1c(C(F)(F)F)nc2ccccc21)N1CCC[C@@H](c2nc3ccccc3s2)C1. The number of carbonyl (C=O) groups excluding carboxylic acids is 1. The number of hydrogen-bond donors (Lipinski definition) is 0. The van der Waals surface area contributed by atoms with E-state index >= 15 is 0 Å². The Labute approximate surface area is 180 Å². The van der Waals surface area contributed by atoms with Crippen molar-refractivity contribution < 1.29 is 18.0 Å². The molecule has 4 aromatic rings. The van der Waals surface area contributed by atoms with Gasteiger partial charge in [0, 0.05) is 19.0 Å². The molecular weight excluding hydrogens is 425 g/mol. The summed E-state index contributed by atoms with van der Waals surface area (Å²) in [6.07, 6.45) is -2.93. The molecule has 1 fully saturated rings. The number of aromatic nitrogens is 3. The maximum absolute atomic E-state index is 13.5. The zero-order chi connectivity index (χ0) is 21.6. The van der Waals surface area contributed by atoms with Crippen molar-refractivity contribution in [3.8, 4) is 0 Å². The van der Waals surface area contributed by atoms with Gasteiger partial charge < -0.3 is 9.47 Å². The summed E-state index contributed by atoms with van der Waals surface area (Å²) in [5.74, 6) is -1.28. The molecule has 0 aliphatic carbocycles. The molecule has 0 bridgehead atoms. The van der Waals surface area contributed by atoms with E-state index in [1.807, 2.05) is 24.3 Å². The van der Waals surface area contributed by atoms with Gasteiger partial charge in [0.05, 0.1) is 26.3 Å². The first-order valence-corrected chi connectivity index (χ1v) is 10.9. The van der Waals surface area contributed by atoms with Gasteiger partial charge in [0.15, 0.2) is 0 Å². The molecule has 1 aliphatic rings. The van der Waals surface area contributed by atoms with Gasteiger partial charge in [-0.1, -0.05) is 24.3 Å². The lowest BCUT2D eigenvalue weighted by atomic mass is 9.98. The van der Waals surface area contributed by atoms with Crippen LogP contribution >= 0.6 is 11.3 Å². The number of thiazole rings is 1. The largest absolute Gasteiger partial charge is 0.449 e. The summed E-state index contributed by atoms with van der Waals surface area (Å²) in [7, 11) is 0. The highest BCUT2D eigenvalue weighted by Gasteiger charge is 2.38. The third kappa shape index (κ3) is 3.78. The molecule has 1 amide bonds. The van der Waals surface area contributed by atoms with Crippen LogP contribution in [0.3, 0.4) is 0 Å². The number of hydrogen-bond acceptors (Lipinski definition) is 4. The number of fused-ring (bicyclic) bond motifs is 2. The Hall–Kier alpha value is -2.94. The number of benzene rings is 2. The third-order valence-electron chi connectivity index (χ3n) is 5.64. The van der Waals surface area contributed by atoms with Gasteiger partial charge in [0.25, 0.3) is 0 Å². The van der Waals surface area contributed by atoms with Crippen molar-refractivity contribution in [1.29, 1.82) is 0 Å². The molecule has 5 nitrogen and oxygen atoms in total. The fraction of sp³-hybridized carbons (Fsp3) is 0.318. The number of nitrogens with zero attached hydrogens (tertiary/aromatic N) is 4. The zero-order valence-electron chi connectivity index (χ0n) is 16.5. The maximum atomic E-state index is 13.5. The fourth-order valence-electron chi connectivity index (χ4n) is 4.16. The van der Waals surface area contributed by atoms with E-state index in [2.05, 4.69) is 4.98 Å². The molecule has 1 atom stereocenters. The predicted octanol–water partition coefficient (Wildman–Crippen LogP) is 5.07. The monoisotopic (exact) mass is 444 g/mol. The first-order chi connectivity index (χ1) is 14.9. The van der Waals surface area contributed by atoms with Crippen LogP contribution in [0.5, 0.6) is 0 Å². The summed E-state index contributed by atoms with van der Waals surface area (Å²) in [6.45, 7) is 0.614. The summed E-state index contributed by atoms with van der Waals surface area (Å²) in [5.41, 5.74) is 1.47. The Morgan fingerprint density at radius 1 is 1.06 bits per heavy atom. The van der Waals surface area contributed by atoms with Crippen molar-refractivity contribution in [2.75, 3.05) is 13.1 Å². The topological polar surface area (TPSA) is 51.0 Å². The van der Waals surface area contributed by atoms with Crippen LogP contribution in [0.1, 0.15) is 29.6 Å². The molecule has 2 aromatic carbocycles. The Morgan fingerprint density at radius 3 is 2.58 bits per heavy atom. The fourth-order valence-corrected chi connectivity index (χ4v) is 5.25. The lowest BCUT2D eigenvalue weighted by Gasteiger charge is -2.32. The quantitative estimate of drug-likeness (QED) is 0.443. The molecule has 0 spiro atoms. The van der Waals surface area contributed by atoms with Crippen LogP contribution in [0, 0.1) is 0 Å². The minimum atomic E-state index is -4.63. The lowest BCUT2D eigenvalue weighted by Crippen LogP contribution is -2.41. The van der Waals surface area contributed by atoms with Crippen LogP contribution in [0.25, 0.3) is 21.3 Å². The molecule has 31 heavy (non-hydrogen) atoms. The number of para-hydroxylation sites is 3. The Morgan fingerprint density at radius 2 is 1.81 bits per heavy atom. The standard InChI is InChI=1S/C22H19F3N4OS/c23-22(24,25)21-27-15-7-1-3-9-17(15)29(21)13-19(30)28-11-5-6-14(12-28)20-26-16-8-2-4-10-18(16)31-20/h1-4,7-10,14H,5-6,11-13H2/t14-/m1/s1. The van der Waals surface area contributed by atoms with Gasteiger partial charge in [0.2, 0.25) is 11.7 Å². The summed E-state index contributed by atoms with van der Waals surface area (Å²) in [4.78, 5) is 23.1. The van der Waals surface area contributed by atoms with Gasteiger partial charge in [-0.15, -0.1) is 11.3 Å². The highest BCUT2D eigenvalue weighted by Crippen LogP contribution is 2.34. The molecule has 9 heteroatoms. The second kappa shape index (κ2) is 7.64. The molecule has 160 valence electrons. The summed E-state index contributed by atoms with van der Waals surface area (Å²) in [6, 6.07) is 14.3. The molecule has 0 N–H and O–H groups in total. The molecule has 1 saturated heterocycles. The zero-order valence-corrected chi connectivity index (χ0v) is 17.3. The van der Waals surface area contributed by atoms with Crippen LogP contribution in [0.4, 0.5) is 13.2 Å². The molecule has 0 saturated carbocycles. The van der Waals surface area contributed by atoms with Crippen molar-refractivity contribution in [2.45, 2.75) is 31.5 Å². The molecule has 0 unspecified atom stereocenters. The third-order valence-corrected chi connectivity index (χ3v) is 6.83. The number of rotatable bonds is 3. The first-order valence-electron chi connectivity index (χ1n) is 10.1. The second-order valence-corrected chi connectivity index (χ2v) is 8.77. The van der Waals surface area contributed by atoms with Crippen molar-refractivity contribution in [3.63, 3.8) is 0 Å². The van der Waals surface area contributed by atoms with Crippen molar-refractivity contribution in [1.82, 2.24) is 19.4 Å². The van der Waals surface area contributed by atoms with E-state index in [9.17, 15) is 18.0 Å². The van der Waals surface area contributed by atoms with Gasteiger partial charge in [0.1, 0.15) is 6.54 Å². The van der Waals surface area contributed by atoms with E-state index in [0.29, 0.717) is 18.6 Å². The number of amides is 1. The molecule has 2 aromatic heterocycles. The molecule has 3 heterocycles. The molecule has 0 radical (unpaired) electrons. The van der Waals surface area contributed by atoms with Gasteiger partial charge in [-0.25, -0.2) is 9.97 Å². The lowest BCUT2D eigenvalue weighted by molar-refractivity contribution is -0.148. The highest BCUT2D eigenvalue weighted by molar-refractivity contribution is 7.18. The highest BCUT2D eigenvalue weighted by atomic mass is 32.1. The average Bonchev–Trinajstić information content (AvgIpc) is 3.36. The van der Waals surface area contributed by atoms with Crippen LogP contribution in [-0.2, 0) is 17.5 Å². The van der Waals surface area contributed by atoms with E-state index < -0.39 is 12.0 Å². The Kier molecular flexibility index (Phi) is 4.92. The summed E-state index contributed by atoms with van der Waals surface area (Å²) in [5, 5.41) is 0.975. The van der Waals surface area contributed by atoms with Crippen LogP contribution in [0.2, 0.25) is 0 Å². The normalized spacial score (nSPS) is 17.5. The molecular formula is C22H19F3N4OS. The Bertz CT molecular complexity index is 1230. The van der Waals surface area contributed by atoms with Crippen LogP contribution in [-0.4, -0.2) is 38.4 Å². The van der Waals surface area contributed by atoms with Crippen molar-refractivity contribution >= 4 is 38.5 Å². The van der Waals surface area contributed by atoms with E-state index in [1.165, 1.54) is 6.07 Å². The van der Waals surface area contributed by atoms with Gasteiger partial charge in [-0.2, -0.15) is 13.2 Å². The van der Waals surface area contributed by atoms with Gasteiger partial charge in [-0.05, 0) is 37.1 Å². The minimum absolute atomic E-state index is 0.0942. The number of imidazole rings is 1. The van der Waals surface area contributed by atoms with Crippen molar-refractivity contribution in [2.24, 2.45) is 0 Å². The Balaban J connectivity index is 1.39. The van der Waals surface area contributed by atoms with Crippen molar-refractivity contribution in [3.05, 3.63) is 59.4 Å². The number of alkyl halides is 3. The van der Waals surface area contributed by atoms with E-state index in [1.54, 1.807) is 34.4 Å². The van der Waals surface area contributed by atoms with E-state index in [-0.39, 0.29) is 23.9 Å². The molecule has 1 aliphatic heterocycles. The maximum Gasteiger partial charge on any atom is 0.449 e. The number of piperidine rings is 1. The first kappa shape index (κ1) is 20.0. The number of carbonyl (C=O) groups is 1. The number of likely N-dealkylation sites (tertiary alicyclic amines) is 1. The summed E-state index contributed by atoms with van der Waals surface area (Å²) >= 11 is 1.62. The number of halogens is 3. The van der Waals surface area contributed by atoms with Gasteiger partial charge >= 0.3 is 6.18 Å². The average molecular weight is 444 g/mol. The molecule has 5 rings (SSSR count). The van der Waals surface area contributed by atoms with E-state index in [0.717, 1.165) is 32.6 Å². The second-order valence-electron chi connectivity index (χ2n) is 7.71. The minimum Gasteiger partial charge on any atom is -0.340 e. The smallest absolute Gasteiger partial charge is 0.340 e. The predicted molar refractivity (Wildman–Crippen MR) is 113 cm³/mol.